The minimum atomic E-state index is 0. The maximum absolute atomic E-state index is 4.48. The monoisotopic (exact) mass is 756 g/mol. The molecule has 0 amide bonds. The van der Waals surface area contributed by atoms with Crippen LogP contribution in [0.2, 0.25) is 0 Å². The fourth-order valence-electron chi connectivity index (χ4n) is 3.80. The van der Waals surface area contributed by atoms with E-state index in [4.69, 9.17) is 0 Å². The van der Waals surface area contributed by atoms with E-state index < -0.39 is 0 Å². The second-order valence-corrected chi connectivity index (χ2v) is 11.7. The number of allylic oxidation sites excluding steroid dienone is 10. The van der Waals surface area contributed by atoms with E-state index in [0.29, 0.717) is 0 Å². The number of aliphatic imine (C=N–C) groups is 4. The molecule has 6 rings (SSSR count). The molecule has 0 fully saturated rings. The van der Waals surface area contributed by atoms with Gasteiger partial charge in [-0.3, -0.25) is 20.0 Å². The van der Waals surface area contributed by atoms with Gasteiger partial charge < -0.3 is 56.7 Å². The molecule has 6 aliphatic heterocycles. The molecule has 0 aromatic heterocycles. The first-order chi connectivity index (χ1) is 21.1. The molecular weight excluding hydrogens is 720 g/mol. The molecule has 6 aliphatic rings. The van der Waals surface area contributed by atoms with E-state index in [2.05, 4.69) is 118 Å². The predicted molar refractivity (Wildman–Crippen MR) is 185 cm³/mol. The Morgan fingerprint density at radius 3 is 0.872 bits per heavy atom. The maximum Gasteiger partial charge on any atom is 8.00 e. The van der Waals surface area contributed by atoms with Crippen LogP contribution in [0.5, 0.6) is 0 Å². The van der Waals surface area contributed by atoms with Crippen molar-refractivity contribution < 1.29 is 44.3 Å². The van der Waals surface area contributed by atoms with E-state index in [1.807, 2.05) is 12.4 Å². The molecular formula is C34H36Cl2N10Ru. The summed E-state index contributed by atoms with van der Waals surface area (Å²) in [7, 11) is 0. The third kappa shape index (κ3) is 12.9. The molecule has 0 unspecified atom stereocenters. The van der Waals surface area contributed by atoms with Gasteiger partial charge in [0.1, 0.15) is 0 Å². The number of hydrogen-bond donors (Lipinski definition) is 0. The average Bonchev–Trinajstić information content (AvgIpc) is 3.06. The quantitative estimate of drug-likeness (QED) is 0.330. The molecule has 0 aliphatic carbocycles. The van der Waals surface area contributed by atoms with Crippen LogP contribution in [0.25, 0.3) is 31.9 Å². The Morgan fingerprint density at radius 2 is 0.660 bits per heavy atom. The zero-order valence-electron chi connectivity index (χ0n) is 27.0. The number of rotatable bonds is 0. The molecule has 0 saturated carbocycles. The third-order valence-corrected chi connectivity index (χ3v) is 6.29. The molecule has 0 aromatic carbocycles. The third-order valence-electron chi connectivity index (χ3n) is 6.29. The van der Waals surface area contributed by atoms with Crippen LogP contribution in [0.3, 0.4) is 0 Å². The summed E-state index contributed by atoms with van der Waals surface area (Å²) >= 11 is 0. The van der Waals surface area contributed by atoms with E-state index in [9.17, 15) is 0 Å². The summed E-state index contributed by atoms with van der Waals surface area (Å²) in [6.45, 7) is 13.3. The largest absolute Gasteiger partial charge is 8.00 e. The summed E-state index contributed by atoms with van der Waals surface area (Å²) in [5.41, 5.74) is 7.67. The molecule has 0 radical (unpaired) electrons. The zero-order chi connectivity index (χ0) is 31.4. The SMILES string of the molecule is C1=C[N-]C(=C2C=NC=C[N-]2)C=N1.C1=C[N-]C(=C2C=NC=C[N-]2)C=N1.CC(C)(C)C1=CC(=C2C=C(C(C)(C)C)C=C[N-]2)[N-]C=C1.[Cl-].[Cl-].[Ru+8]. The van der Waals surface area contributed by atoms with Gasteiger partial charge in [-0.05, 0) is 22.0 Å². The molecule has 13 heteroatoms. The topological polar surface area (TPSA) is 134 Å². The summed E-state index contributed by atoms with van der Waals surface area (Å²) in [4.78, 5) is 15.7. The van der Waals surface area contributed by atoms with E-state index in [0.717, 1.165) is 34.2 Å². The standard InChI is InChI=1S/C18H24N2.2C8H6N4.2ClH.Ru/c1-17(2,3)13-7-9-19-15(11-13)16-12-14(8-10-20-16)18(4,5)6;2*1-3-11-7(5-9-1)8-6-10-2-4-12-8;;;/h7-12H,1-6H3;2*1-6H;2*1H;/q3*-2;;;+8/p-2. The Morgan fingerprint density at radius 1 is 0.404 bits per heavy atom. The Hall–Kier alpha value is -4.18. The van der Waals surface area contributed by atoms with Crippen LogP contribution in [0.15, 0.2) is 152 Å². The summed E-state index contributed by atoms with van der Waals surface area (Å²) in [5, 5.41) is 25.3. The molecule has 0 spiro atoms. The summed E-state index contributed by atoms with van der Waals surface area (Å²) in [6, 6.07) is 0. The van der Waals surface area contributed by atoms with Crippen molar-refractivity contribution in [2.24, 2.45) is 30.8 Å². The number of nitrogens with zero attached hydrogens (tertiary/aromatic N) is 10. The summed E-state index contributed by atoms with van der Waals surface area (Å²) in [6.07, 6.45) is 31.9. The van der Waals surface area contributed by atoms with Gasteiger partial charge in [-0.2, -0.15) is 48.6 Å². The van der Waals surface area contributed by atoms with Gasteiger partial charge in [0.2, 0.25) is 0 Å². The van der Waals surface area contributed by atoms with E-state index in [-0.39, 0.29) is 55.1 Å². The number of hydrogen-bond acceptors (Lipinski definition) is 4. The Bertz CT molecular complexity index is 1390. The van der Waals surface area contributed by atoms with Gasteiger partial charge in [0.15, 0.2) is 0 Å². The molecule has 6 heterocycles. The van der Waals surface area contributed by atoms with Gasteiger partial charge in [-0.15, -0.1) is 22.8 Å². The predicted octanol–water partition coefficient (Wildman–Crippen LogP) is 4.06. The van der Waals surface area contributed by atoms with Crippen molar-refractivity contribution in [3.05, 3.63) is 164 Å². The van der Waals surface area contributed by atoms with Crippen LogP contribution in [-0.2, 0) is 19.5 Å². The zero-order valence-corrected chi connectivity index (χ0v) is 30.2. The van der Waals surface area contributed by atoms with E-state index in [1.54, 1.807) is 74.5 Å². The maximum atomic E-state index is 4.48. The van der Waals surface area contributed by atoms with Crippen molar-refractivity contribution in [3.8, 4) is 0 Å². The van der Waals surface area contributed by atoms with Crippen LogP contribution in [0, 0.1) is 10.8 Å². The second kappa shape index (κ2) is 19.5. The first-order valence-corrected chi connectivity index (χ1v) is 14.1. The smallest absolute Gasteiger partial charge is 1.00 e. The first-order valence-electron chi connectivity index (χ1n) is 14.1. The molecule has 0 aromatic rings. The van der Waals surface area contributed by atoms with Crippen molar-refractivity contribution in [1.29, 1.82) is 0 Å². The second-order valence-electron chi connectivity index (χ2n) is 11.7. The number of halogens is 2. The van der Waals surface area contributed by atoms with Gasteiger partial charge >= 0.3 is 19.5 Å². The van der Waals surface area contributed by atoms with E-state index >= 15 is 0 Å². The van der Waals surface area contributed by atoms with Crippen LogP contribution >= 0.6 is 0 Å². The Labute approximate surface area is 303 Å². The van der Waals surface area contributed by atoms with Crippen molar-refractivity contribution >= 4 is 24.9 Å². The summed E-state index contributed by atoms with van der Waals surface area (Å²) in [5.74, 6) is 0. The Balaban J connectivity index is 0.000000357. The van der Waals surface area contributed by atoms with Crippen LogP contribution in [-0.4, -0.2) is 24.9 Å². The van der Waals surface area contributed by atoms with Gasteiger partial charge in [0.05, 0.1) is 0 Å². The van der Waals surface area contributed by atoms with Gasteiger partial charge in [-0.25, -0.2) is 0 Å². The van der Waals surface area contributed by atoms with Crippen LogP contribution in [0.1, 0.15) is 41.5 Å². The van der Waals surface area contributed by atoms with Crippen molar-refractivity contribution in [2.75, 3.05) is 0 Å². The fourth-order valence-corrected chi connectivity index (χ4v) is 3.80. The van der Waals surface area contributed by atoms with Crippen molar-refractivity contribution in [3.63, 3.8) is 0 Å². The first kappa shape index (κ1) is 40.8. The van der Waals surface area contributed by atoms with Gasteiger partial charge in [0, 0.05) is 49.7 Å². The molecule has 10 nitrogen and oxygen atoms in total. The molecule has 0 atom stereocenters. The fraction of sp³-hybridized carbons (Fsp3) is 0.235. The molecule has 0 bridgehead atoms. The van der Waals surface area contributed by atoms with E-state index in [1.165, 1.54) is 11.1 Å². The van der Waals surface area contributed by atoms with Gasteiger partial charge in [-0.1, -0.05) is 65.8 Å². The minimum absolute atomic E-state index is 0. The van der Waals surface area contributed by atoms with Gasteiger partial charge in [0.25, 0.3) is 0 Å². The Kier molecular flexibility index (Phi) is 16.9. The normalized spacial score (nSPS) is 22.7. The van der Waals surface area contributed by atoms with Crippen LogP contribution in [0.4, 0.5) is 0 Å². The molecule has 0 N–H and O–H groups in total. The summed E-state index contributed by atoms with van der Waals surface area (Å²) < 4.78 is 0. The average molecular weight is 757 g/mol. The van der Waals surface area contributed by atoms with Crippen LogP contribution < -0.4 is 24.8 Å². The minimum Gasteiger partial charge on any atom is -1.00 e. The van der Waals surface area contributed by atoms with Crippen molar-refractivity contribution in [1.82, 2.24) is 0 Å². The van der Waals surface area contributed by atoms with Crippen molar-refractivity contribution in [2.45, 2.75) is 41.5 Å². The molecule has 244 valence electrons. The molecule has 47 heavy (non-hydrogen) atoms. The molecule has 0 saturated heterocycles.